The predicted molar refractivity (Wildman–Crippen MR) is 171 cm³/mol. The molecule has 0 unspecified atom stereocenters. The van der Waals surface area contributed by atoms with Crippen LogP contribution < -0.4 is 25.4 Å². The lowest BCUT2D eigenvalue weighted by Crippen LogP contribution is -2.33. The van der Waals surface area contributed by atoms with Crippen LogP contribution in [-0.2, 0) is 6.42 Å². The molecule has 5 aromatic rings. The van der Waals surface area contributed by atoms with E-state index in [1.807, 2.05) is 30.3 Å². The van der Waals surface area contributed by atoms with Gasteiger partial charge in [0.05, 0.1) is 19.4 Å². The first-order valence-corrected chi connectivity index (χ1v) is 16.3. The molecule has 202 valence electrons. The van der Waals surface area contributed by atoms with Gasteiger partial charge in [0.1, 0.15) is 34.7 Å². The zero-order valence-electron chi connectivity index (χ0n) is 23.1. The van der Waals surface area contributed by atoms with Crippen LogP contribution in [0.2, 0.25) is 0 Å². The molecule has 0 amide bonds. The van der Waals surface area contributed by atoms with Crippen molar-refractivity contribution in [2.24, 2.45) is 0 Å². The van der Waals surface area contributed by atoms with Crippen molar-refractivity contribution < 1.29 is 9.47 Å². The summed E-state index contributed by atoms with van der Waals surface area (Å²) in [6.07, 6.45) is 5.24. The van der Waals surface area contributed by atoms with Gasteiger partial charge in [0, 0.05) is 0 Å². The Hall–Kier alpha value is -3.87. The molecule has 0 saturated heterocycles. The van der Waals surface area contributed by atoms with Crippen molar-refractivity contribution in [2.45, 2.75) is 25.7 Å². The van der Waals surface area contributed by atoms with Crippen LogP contribution in [0.4, 0.5) is 0 Å². The number of ether oxygens (including phenoxy) is 2. The third-order valence-electron chi connectivity index (χ3n) is 7.29. The summed E-state index contributed by atoms with van der Waals surface area (Å²) in [6.45, 7) is 1.42. The van der Waals surface area contributed by atoms with E-state index < -0.39 is 7.26 Å². The molecule has 0 aliphatic carbocycles. The summed E-state index contributed by atoms with van der Waals surface area (Å²) in [5.74, 6) is 1.86. The molecule has 0 saturated carbocycles. The Labute approximate surface area is 240 Å². The molecule has 0 aromatic heterocycles. The molecule has 0 atom stereocenters. The Morgan fingerprint density at radius 3 is 1.25 bits per heavy atom. The van der Waals surface area contributed by atoms with Crippen molar-refractivity contribution in [3.8, 4) is 11.5 Å². The highest BCUT2D eigenvalue weighted by Crippen LogP contribution is 2.55. The molecule has 5 aromatic carbocycles. The second-order valence-electron chi connectivity index (χ2n) is 10.0. The number of hydrogen-bond acceptors (Lipinski definition) is 2. The Morgan fingerprint density at radius 2 is 0.800 bits per heavy atom. The van der Waals surface area contributed by atoms with Gasteiger partial charge >= 0.3 is 0 Å². The molecular weight excluding hydrogens is 507 g/mol. The Kier molecular flexibility index (Phi) is 10.0. The Morgan fingerprint density at radius 1 is 0.400 bits per heavy atom. The van der Waals surface area contributed by atoms with Crippen molar-refractivity contribution >= 4 is 23.2 Å². The highest BCUT2D eigenvalue weighted by molar-refractivity contribution is 7.95. The molecule has 3 heteroatoms. The first kappa shape index (κ1) is 27.7. The summed E-state index contributed by atoms with van der Waals surface area (Å²) < 4.78 is 11.8. The first-order valence-electron chi connectivity index (χ1n) is 14.3. The van der Waals surface area contributed by atoms with Gasteiger partial charge in [-0.25, -0.2) is 0 Å². The van der Waals surface area contributed by atoms with Crippen LogP contribution >= 0.6 is 7.26 Å². The largest absolute Gasteiger partial charge is 0.494 e. The second-order valence-corrected chi connectivity index (χ2v) is 13.6. The molecule has 2 nitrogen and oxygen atoms in total. The van der Waals surface area contributed by atoms with Crippen LogP contribution in [0.3, 0.4) is 0 Å². The fourth-order valence-electron chi connectivity index (χ4n) is 5.26. The number of hydrogen-bond donors (Lipinski definition) is 0. The predicted octanol–water partition coefficient (Wildman–Crippen LogP) is 7.85. The smallest absolute Gasteiger partial charge is 0.119 e. The molecule has 0 radical (unpaired) electrons. The van der Waals surface area contributed by atoms with Crippen molar-refractivity contribution in [3.05, 3.63) is 151 Å². The van der Waals surface area contributed by atoms with Crippen molar-refractivity contribution in [1.29, 1.82) is 0 Å². The van der Waals surface area contributed by atoms with Crippen LogP contribution in [-0.4, -0.2) is 19.4 Å². The van der Waals surface area contributed by atoms with Crippen LogP contribution in [0, 0.1) is 0 Å². The van der Waals surface area contributed by atoms with Crippen molar-refractivity contribution in [3.63, 3.8) is 0 Å². The first-order chi connectivity index (χ1) is 19.8. The van der Waals surface area contributed by atoms with E-state index in [1.54, 1.807) is 0 Å². The topological polar surface area (TPSA) is 18.5 Å². The standard InChI is InChI=1S/C37H38O2P/c1-5-17-33(18-6-1)38-29-13-14-30-39-34-27-25-32(26-28-34)16-15-31-40(35-19-7-2-8-20-35,36-21-9-3-10-22-36)37-23-11-4-12-24-37/h1-12,17-28H,13-16,29-31H2/q+1. The molecule has 0 fully saturated rings. The van der Waals surface area contributed by atoms with Gasteiger partial charge in [-0.1, -0.05) is 84.9 Å². The van der Waals surface area contributed by atoms with Gasteiger partial charge < -0.3 is 9.47 Å². The minimum atomic E-state index is -1.78. The van der Waals surface area contributed by atoms with Gasteiger partial charge in [-0.15, -0.1) is 0 Å². The molecule has 0 bridgehead atoms. The van der Waals surface area contributed by atoms with Crippen LogP contribution in [0.15, 0.2) is 146 Å². The summed E-state index contributed by atoms with van der Waals surface area (Å²) in [5, 5.41) is 4.35. The van der Waals surface area contributed by atoms with Gasteiger partial charge in [-0.05, 0) is 91.9 Å². The van der Waals surface area contributed by atoms with Gasteiger partial charge in [-0.3, -0.25) is 0 Å². The minimum Gasteiger partial charge on any atom is -0.494 e. The lowest BCUT2D eigenvalue weighted by molar-refractivity contribution is 0.266. The zero-order valence-corrected chi connectivity index (χ0v) is 24.0. The summed E-state index contributed by atoms with van der Waals surface area (Å²) in [6, 6.07) is 52.1. The van der Waals surface area contributed by atoms with E-state index in [4.69, 9.17) is 9.47 Å². The quantitative estimate of drug-likeness (QED) is 0.105. The third kappa shape index (κ3) is 7.20. The minimum absolute atomic E-state index is 0.704. The van der Waals surface area contributed by atoms with Crippen LogP contribution in [0.1, 0.15) is 24.8 Å². The maximum Gasteiger partial charge on any atom is 0.119 e. The normalized spacial score (nSPS) is 11.2. The summed E-state index contributed by atoms with van der Waals surface area (Å²) >= 11 is 0. The van der Waals surface area contributed by atoms with E-state index in [0.717, 1.165) is 43.3 Å². The SMILES string of the molecule is c1ccc(OCCCCOc2ccc(CCC[P+](c3ccccc3)(c3ccccc3)c3ccccc3)cc2)cc1. The lowest BCUT2D eigenvalue weighted by atomic mass is 10.1. The molecular formula is C37H38O2P+. The molecule has 0 spiro atoms. The monoisotopic (exact) mass is 545 g/mol. The Balaban J connectivity index is 1.19. The summed E-state index contributed by atoms with van der Waals surface area (Å²) in [7, 11) is -1.78. The zero-order chi connectivity index (χ0) is 27.3. The molecule has 0 aliphatic heterocycles. The fourth-order valence-corrected chi connectivity index (χ4v) is 9.60. The number of benzene rings is 5. The molecule has 0 heterocycles. The molecule has 40 heavy (non-hydrogen) atoms. The highest BCUT2D eigenvalue weighted by Gasteiger charge is 2.44. The number of para-hydroxylation sites is 1. The number of unbranched alkanes of at least 4 members (excludes halogenated alkanes) is 1. The van der Waals surface area contributed by atoms with Crippen LogP contribution in [0.25, 0.3) is 0 Å². The van der Waals surface area contributed by atoms with Gasteiger partial charge in [-0.2, -0.15) is 0 Å². The summed E-state index contributed by atoms with van der Waals surface area (Å²) in [4.78, 5) is 0. The molecule has 0 aliphatic rings. The fraction of sp³-hybridized carbons (Fsp3) is 0.189. The number of rotatable bonds is 14. The van der Waals surface area contributed by atoms with E-state index in [0.29, 0.717) is 13.2 Å². The van der Waals surface area contributed by atoms with Crippen LogP contribution in [0.5, 0.6) is 11.5 Å². The van der Waals surface area contributed by atoms with Crippen molar-refractivity contribution in [1.82, 2.24) is 0 Å². The third-order valence-corrected chi connectivity index (χ3v) is 11.8. The number of aryl methyl sites for hydroxylation is 1. The van der Waals surface area contributed by atoms with Gasteiger partial charge in [0.25, 0.3) is 0 Å². The van der Waals surface area contributed by atoms with Gasteiger partial charge in [0.15, 0.2) is 0 Å². The lowest BCUT2D eigenvalue weighted by Gasteiger charge is -2.27. The highest BCUT2D eigenvalue weighted by atomic mass is 31.2. The molecule has 5 rings (SSSR count). The van der Waals surface area contributed by atoms with E-state index in [9.17, 15) is 0 Å². The van der Waals surface area contributed by atoms with Gasteiger partial charge in [0.2, 0.25) is 0 Å². The average molecular weight is 546 g/mol. The van der Waals surface area contributed by atoms with E-state index in [-0.39, 0.29) is 0 Å². The molecule has 0 N–H and O–H groups in total. The maximum absolute atomic E-state index is 6.00. The van der Waals surface area contributed by atoms with Crippen molar-refractivity contribution in [2.75, 3.05) is 19.4 Å². The van der Waals surface area contributed by atoms with E-state index in [1.165, 1.54) is 21.5 Å². The van der Waals surface area contributed by atoms with E-state index in [2.05, 4.69) is 115 Å². The summed E-state index contributed by atoms with van der Waals surface area (Å²) in [5.41, 5.74) is 1.36. The van der Waals surface area contributed by atoms with E-state index >= 15 is 0 Å². The Bertz CT molecular complexity index is 1290. The second kappa shape index (κ2) is 14.5. The maximum atomic E-state index is 6.00. The average Bonchev–Trinajstić information content (AvgIpc) is 3.03.